The van der Waals surface area contributed by atoms with Crippen molar-refractivity contribution in [3.8, 4) is 0 Å². The minimum Gasteiger partial charge on any atom is -0.340 e. The molecule has 1 amide bonds. The van der Waals surface area contributed by atoms with E-state index in [0.29, 0.717) is 11.9 Å². The molecule has 0 aliphatic carbocycles. The predicted molar refractivity (Wildman–Crippen MR) is 68.3 cm³/mol. The fourth-order valence-electron chi connectivity index (χ4n) is 3.05. The lowest BCUT2D eigenvalue weighted by Gasteiger charge is -2.36. The van der Waals surface area contributed by atoms with E-state index in [1.165, 1.54) is 0 Å². The molecule has 1 aromatic heterocycles. The molecule has 19 heavy (non-hydrogen) atoms. The van der Waals surface area contributed by atoms with Crippen LogP contribution in [0.15, 0.2) is 4.63 Å². The van der Waals surface area contributed by atoms with Crippen molar-refractivity contribution in [1.82, 2.24) is 20.1 Å². The van der Waals surface area contributed by atoms with Gasteiger partial charge in [0.2, 0.25) is 5.91 Å². The molecular weight excluding hydrogens is 244 g/mol. The third-order valence-corrected chi connectivity index (χ3v) is 4.23. The molecule has 0 atom stereocenters. The van der Waals surface area contributed by atoms with Crippen molar-refractivity contribution in [2.45, 2.75) is 45.2 Å². The number of carbonyl (C=O) groups excluding carboxylic acids is 1. The van der Waals surface area contributed by atoms with Gasteiger partial charge in [-0.3, -0.25) is 9.69 Å². The highest BCUT2D eigenvalue weighted by molar-refractivity contribution is 5.78. The highest BCUT2D eigenvalue weighted by Gasteiger charge is 2.30. The molecule has 3 rings (SSSR count). The van der Waals surface area contributed by atoms with Gasteiger partial charge in [0, 0.05) is 38.6 Å². The zero-order valence-corrected chi connectivity index (χ0v) is 11.3. The molecule has 0 spiro atoms. The van der Waals surface area contributed by atoms with Crippen molar-refractivity contribution < 1.29 is 9.42 Å². The van der Waals surface area contributed by atoms with Gasteiger partial charge in [-0.05, 0) is 26.2 Å². The van der Waals surface area contributed by atoms with E-state index in [1.54, 1.807) is 0 Å². The van der Waals surface area contributed by atoms with Crippen molar-refractivity contribution in [3.63, 3.8) is 0 Å². The van der Waals surface area contributed by atoms with Gasteiger partial charge in [-0.15, -0.1) is 0 Å². The Morgan fingerprint density at radius 2 is 2.05 bits per heavy atom. The van der Waals surface area contributed by atoms with Crippen molar-refractivity contribution in [1.29, 1.82) is 0 Å². The number of amides is 1. The maximum absolute atomic E-state index is 11.7. The smallest absolute Gasteiger partial charge is 0.222 e. The lowest BCUT2D eigenvalue weighted by Crippen LogP contribution is -2.45. The van der Waals surface area contributed by atoms with E-state index in [1.807, 2.05) is 6.92 Å². The maximum atomic E-state index is 11.7. The van der Waals surface area contributed by atoms with Gasteiger partial charge in [0.1, 0.15) is 11.4 Å². The van der Waals surface area contributed by atoms with Crippen LogP contribution in [0.4, 0.5) is 0 Å². The van der Waals surface area contributed by atoms with Gasteiger partial charge >= 0.3 is 0 Å². The second kappa shape index (κ2) is 5.28. The number of piperidine rings is 1. The lowest BCUT2D eigenvalue weighted by molar-refractivity contribution is -0.130. The number of hydrogen-bond donors (Lipinski definition) is 0. The summed E-state index contributed by atoms with van der Waals surface area (Å²) in [5.41, 5.74) is 1.80. The summed E-state index contributed by atoms with van der Waals surface area (Å²) >= 11 is 0. The van der Waals surface area contributed by atoms with Crippen molar-refractivity contribution in [3.05, 3.63) is 11.4 Å². The first kappa shape index (κ1) is 12.6. The average Bonchev–Trinajstić information content (AvgIpc) is 3.00. The molecule has 2 aliphatic rings. The Morgan fingerprint density at radius 3 is 2.63 bits per heavy atom. The molecule has 6 nitrogen and oxygen atoms in total. The molecule has 0 bridgehead atoms. The van der Waals surface area contributed by atoms with Crippen LogP contribution in [-0.4, -0.2) is 51.7 Å². The Morgan fingerprint density at radius 1 is 1.26 bits per heavy atom. The largest absolute Gasteiger partial charge is 0.340 e. The first-order valence-electron chi connectivity index (χ1n) is 7.04. The first-order valence-corrected chi connectivity index (χ1v) is 7.04. The molecule has 0 unspecified atom stereocenters. The minimum absolute atomic E-state index is 0.343. The molecule has 2 fully saturated rings. The molecule has 0 radical (unpaired) electrons. The molecule has 0 aromatic carbocycles. The highest BCUT2D eigenvalue weighted by atomic mass is 16.6. The van der Waals surface area contributed by atoms with E-state index in [9.17, 15) is 4.79 Å². The van der Waals surface area contributed by atoms with Crippen LogP contribution in [0, 0.1) is 6.92 Å². The Kier molecular flexibility index (Phi) is 3.50. The van der Waals surface area contributed by atoms with E-state index < -0.39 is 0 Å². The van der Waals surface area contributed by atoms with Crippen LogP contribution in [0.5, 0.6) is 0 Å². The highest BCUT2D eigenvalue weighted by Crippen LogP contribution is 2.22. The number of nitrogens with zero attached hydrogens (tertiary/aromatic N) is 4. The summed E-state index contributed by atoms with van der Waals surface area (Å²) in [7, 11) is 0. The molecule has 2 aliphatic heterocycles. The van der Waals surface area contributed by atoms with Gasteiger partial charge in [-0.2, -0.15) is 0 Å². The van der Waals surface area contributed by atoms with E-state index in [0.717, 1.165) is 63.3 Å². The Balaban J connectivity index is 1.52. The molecule has 6 heteroatoms. The second-order valence-corrected chi connectivity index (χ2v) is 5.49. The fraction of sp³-hybridized carbons (Fsp3) is 0.769. The van der Waals surface area contributed by atoms with Crippen molar-refractivity contribution in [2.75, 3.05) is 19.6 Å². The van der Waals surface area contributed by atoms with Gasteiger partial charge in [0.15, 0.2) is 0 Å². The van der Waals surface area contributed by atoms with Gasteiger partial charge < -0.3 is 4.90 Å². The van der Waals surface area contributed by atoms with Crippen LogP contribution in [0.1, 0.15) is 37.1 Å². The number of aryl methyl sites for hydroxylation is 1. The maximum Gasteiger partial charge on any atom is 0.222 e. The zero-order chi connectivity index (χ0) is 13.2. The number of likely N-dealkylation sites (tertiary alicyclic amines) is 2. The Bertz CT molecular complexity index is 451. The molecule has 0 N–H and O–H groups in total. The van der Waals surface area contributed by atoms with Crippen LogP contribution in [-0.2, 0) is 11.3 Å². The van der Waals surface area contributed by atoms with Crippen LogP contribution in [0.25, 0.3) is 0 Å². The van der Waals surface area contributed by atoms with Gasteiger partial charge in [-0.1, -0.05) is 10.3 Å². The summed E-state index contributed by atoms with van der Waals surface area (Å²) in [5, 5.41) is 7.73. The van der Waals surface area contributed by atoms with E-state index >= 15 is 0 Å². The fourth-order valence-corrected chi connectivity index (χ4v) is 3.05. The summed E-state index contributed by atoms with van der Waals surface area (Å²) in [5.74, 6) is 0.343. The number of rotatable bonds is 3. The summed E-state index contributed by atoms with van der Waals surface area (Å²) in [6.45, 7) is 5.70. The zero-order valence-electron chi connectivity index (χ0n) is 11.3. The van der Waals surface area contributed by atoms with Gasteiger partial charge in [0.05, 0.1) is 0 Å². The summed E-state index contributed by atoms with van der Waals surface area (Å²) in [6.07, 6.45) is 3.90. The Labute approximate surface area is 112 Å². The third-order valence-electron chi connectivity index (χ3n) is 4.23. The number of hydrogen-bond acceptors (Lipinski definition) is 5. The van der Waals surface area contributed by atoms with Crippen LogP contribution < -0.4 is 0 Å². The SMILES string of the molecule is Cc1nonc1CN1CCC(N2CCCC2=O)CC1. The van der Waals surface area contributed by atoms with Crippen molar-refractivity contribution >= 4 is 5.91 Å². The quantitative estimate of drug-likeness (QED) is 0.814. The second-order valence-electron chi connectivity index (χ2n) is 5.49. The standard InChI is InChI=1S/C13H20N4O2/c1-10-12(15-19-14-10)9-16-7-4-11(5-8-16)17-6-2-3-13(17)18/h11H,2-9H2,1H3. The minimum atomic E-state index is 0.343. The molecular formula is C13H20N4O2. The number of aromatic nitrogens is 2. The summed E-state index contributed by atoms with van der Waals surface area (Å²) < 4.78 is 4.72. The number of carbonyl (C=O) groups is 1. The van der Waals surface area contributed by atoms with Crippen LogP contribution >= 0.6 is 0 Å². The van der Waals surface area contributed by atoms with Crippen molar-refractivity contribution in [2.24, 2.45) is 0 Å². The van der Waals surface area contributed by atoms with Gasteiger partial charge in [0.25, 0.3) is 0 Å². The topological polar surface area (TPSA) is 62.5 Å². The normalized spacial score (nSPS) is 22.4. The molecule has 3 heterocycles. The molecule has 0 saturated carbocycles. The lowest BCUT2D eigenvalue weighted by atomic mass is 10.0. The van der Waals surface area contributed by atoms with E-state index in [4.69, 9.17) is 4.63 Å². The Hall–Kier alpha value is -1.43. The average molecular weight is 264 g/mol. The van der Waals surface area contributed by atoms with Crippen LogP contribution in [0.3, 0.4) is 0 Å². The third kappa shape index (κ3) is 2.63. The van der Waals surface area contributed by atoms with Gasteiger partial charge in [-0.25, -0.2) is 4.63 Å². The summed E-state index contributed by atoms with van der Waals surface area (Å²) in [4.78, 5) is 16.2. The van der Waals surface area contributed by atoms with E-state index in [-0.39, 0.29) is 0 Å². The van der Waals surface area contributed by atoms with Crippen LogP contribution in [0.2, 0.25) is 0 Å². The predicted octanol–water partition coefficient (Wildman–Crippen LogP) is 0.965. The monoisotopic (exact) mass is 264 g/mol. The van der Waals surface area contributed by atoms with E-state index in [2.05, 4.69) is 20.1 Å². The first-order chi connectivity index (χ1) is 9.24. The molecule has 1 aromatic rings. The molecule has 104 valence electrons. The summed E-state index contributed by atoms with van der Waals surface area (Å²) in [6, 6.07) is 0.447. The molecule has 2 saturated heterocycles.